The Morgan fingerprint density at radius 2 is 1.88 bits per heavy atom. The van der Waals surface area contributed by atoms with Gasteiger partial charge in [0.05, 0.1) is 7.11 Å². The molecule has 0 unspecified atom stereocenters. The molecule has 1 aliphatic heterocycles. The van der Waals surface area contributed by atoms with Gasteiger partial charge in [-0.15, -0.1) is 0 Å². The van der Waals surface area contributed by atoms with Crippen molar-refractivity contribution < 1.29 is 9.53 Å². The number of amides is 1. The summed E-state index contributed by atoms with van der Waals surface area (Å²) in [6.45, 7) is 2.17. The van der Waals surface area contributed by atoms with Crippen molar-refractivity contribution in [3.63, 3.8) is 0 Å². The van der Waals surface area contributed by atoms with Crippen LogP contribution in [0.25, 0.3) is 0 Å². The van der Waals surface area contributed by atoms with E-state index in [-0.39, 0.29) is 11.8 Å². The number of hydrogen-bond donors (Lipinski definition) is 1. The average molecular weight is 326 g/mol. The average Bonchev–Trinajstić information content (AvgIpc) is 2.67. The van der Waals surface area contributed by atoms with E-state index in [1.807, 2.05) is 30.3 Å². The van der Waals surface area contributed by atoms with E-state index in [1.54, 1.807) is 19.5 Å². The Kier molecular flexibility index (Phi) is 5.25. The topological polar surface area (TPSA) is 67.3 Å². The van der Waals surface area contributed by atoms with Gasteiger partial charge in [0.2, 0.25) is 11.9 Å². The van der Waals surface area contributed by atoms with E-state index in [1.165, 1.54) is 0 Å². The van der Waals surface area contributed by atoms with E-state index in [2.05, 4.69) is 20.2 Å². The van der Waals surface area contributed by atoms with E-state index < -0.39 is 0 Å². The molecule has 126 valence electrons. The molecule has 1 N–H and O–H groups in total. The standard InChI is InChI=1S/C18H22N4O2/c1-24-16-5-3-14(4-6-16)13-21-17(23)15-7-11-22(12-8-15)18-19-9-2-10-20-18/h2-6,9-10,15H,7-8,11-13H2,1H3,(H,21,23). The Labute approximate surface area is 141 Å². The van der Waals surface area contributed by atoms with Crippen LogP contribution in [0.2, 0.25) is 0 Å². The van der Waals surface area contributed by atoms with Crippen molar-refractivity contribution in [1.29, 1.82) is 0 Å². The molecule has 2 heterocycles. The van der Waals surface area contributed by atoms with Crippen LogP contribution < -0.4 is 15.0 Å². The van der Waals surface area contributed by atoms with E-state index in [4.69, 9.17) is 4.74 Å². The SMILES string of the molecule is COc1ccc(CNC(=O)C2CCN(c3ncccn3)CC2)cc1. The summed E-state index contributed by atoms with van der Waals surface area (Å²) in [5.74, 6) is 1.75. The summed E-state index contributed by atoms with van der Waals surface area (Å²) < 4.78 is 5.13. The molecule has 1 aromatic heterocycles. The first-order valence-electron chi connectivity index (χ1n) is 8.19. The summed E-state index contributed by atoms with van der Waals surface area (Å²) in [5.41, 5.74) is 1.07. The van der Waals surface area contributed by atoms with Crippen LogP contribution in [-0.2, 0) is 11.3 Å². The van der Waals surface area contributed by atoms with Gasteiger partial charge in [0.15, 0.2) is 0 Å². The number of carbonyl (C=O) groups excluding carboxylic acids is 1. The lowest BCUT2D eigenvalue weighted by atomic mass is 9.96. The maximum absolute atomic E-state index is 12.4. The third kappa shape index (κ3) is 4.01. The number of nitrogens with zero attached hydrogens (tertiary/aromatic N) is 3. The van der Waals surface area contributed by atoms with Crippen LogP contribution in [-0.4, -0.2) is 36.1 Å². The first-order valence-corrected chi connectivity index (χ1v) is 8.19. The zero-order chi connectivity index (χ0) is 16.8. The molecule has 3 rings (SSSR count). The number of hydrogen-bond acceptors (Lipinski definition) is 5. The fourth-order valence-electron chi connectivity index (χ4n) is 2.87. The van der Waals surface area contributed by atoms with Crippen LogP contribution in [0.4, 0.5) is 5.95 Å². The fourth-order valence-corrected chi connectivity index (χ4v) is 2.87. The smallest absolute Gasteiger partial charge is 0.225 e. The minimum Gasteiger partial charge on any atom is -0.497 e. The molecule has 1 saturated heterocycles. The Hall–Kier alpha value is -2.63. The highest BCUT2D eigenvalue weighted by molar-refractivity contribution is 5.78. The minimum absolute atomic E-state index is 0.0585. The number of carbonyl (C=O) groups is 1. The Morgan fingerprint density at radius 1 is 1.21 bits per heavy atom. The zero-order valence-corrected chi connectivity index (χ0v) is 13.8. The minimum atomic E-state index is 0.0585. The highest BCUT2D eigenvalue weighted by Gasteiger charge is 2.25. The Bertz CT molecular complexity index is 652. The van der Waals surface area contributed by atoms with E-state index in [9.17, 15) is 4.79 Å². The zero-order valence-electron chi connectivity index (χ0n) is 13.8. The van der Waals surface area contributed by atoms with Crippen LogP contribution in [0.1, 0.15) is 18.4 Å². The molecule has 1 fully saturated rings. The predicted octanol–water partition coefficient (Wildman–Crippen LogP) is 2.02. The first-order chi connectivity index (χ1) is 11.8. The van der Waals surface area contributed by atoms with Gasteiger partial charge in [0.1, 0.15) is 5.75 Å². The molecule has 0 bridgehead atoms. The Morgan fingerprint density at radius 3 is 2.50 bits per heavy atom. The molecule has 0 radical (unpaired) electrons. The van der Waals surface area contributed by atoms with Crippen molar-refractivity contribution in [2.45, 2.75) is 19.4 Å². The van der Waals surface area contributed by atoms with E-state index in [0.717, 1.165) is 43.2 Å². The van der Waals surface area contributed by atoms with Crippen molar-refractivity contribution >= 4 is 11.9 Å². The lowest BCUT2D eigenvalue weighted by Crippen LogP contribution is -2.41. The number of ether oxygens (including phenoxy) is 1. The van der Waals surface area contributed by atoms with Crippen LogP contribution in [0.3, 0.4) is 0 Å². The van der Waals surface area contributed by atoms with Crippen LogP contribution in [0, 0.1) is 5.92 Å². The van der Waals surface area contributed by atoms with Gasteiger partial charge in [-0.3, -0.25) is 4.79 Å². The van der Waals surface area contributed by atoms with E-state index in [0.29, 0.717) is 6.54 Å². The van der Waals surface area contributed by atoms with Gasteiger partial charge in [0, 0.05) is 37.9 Å². The van der Waals surface area contributed by atoms with Crippen molar-refractivity contribution in [3.8, 4) is 5.75 Å². The molecular weight excluding hydrogens is 304 g/mol. The number of benzene rings is 1. The molecule has 2 aromatic rings. The van der Waals surface area contributed by atoms with Crippen LogP contribution in [0.5, 0.6) is 5.75 Å². The molecule has 0 aliphatic carbocycles. The molecule has 1 aliphatic rings. The van der Waals surface area contributed by atoms with Gasteiger partial charge in [-0.1, -0.05) is 12.1 Å². The fraction of sp³-hybridized carbons (Fsp3) is 0.389. The van der Waals surface area contributed by atoms with Gasteiger partial charge in [-0.25, -0.2) is 9.97 Å². The molecule has 1 aromatic carbocycles. The molecule has 0 atom stereocenters. The number of anilines is 1. The number of rotatable bonds is 5. The van der Waals surface area contributed by atoms with Gasteiger partial charge < -0.3 is 15.0 Å². The first kappa shape index (κ1) is 16.2. The van der Waals surface area contributed by atoms with Crippen molar-refractivity contribution in [3.05, 3.63) is 48.3 Å². The maximum atomic E-state index is 12.4. The van der Waals surface area contributed by atoms with E-state index >= 15 is 0 Å². The number of methoxy groups -OCH3 is 1. The summed E-state index contributed by atoms with van der Waals surface area (Å²) in [6.07, 6.45) is 5.14. The number of piperidine rings is 1. The maximum Gasteiger partial charge on any atom is 0.225 e. The molecular formula is C18H22N4O2. The molecule has 1 amide bonds. The van der Waals surface area contributed by atoms with Crippen LogP contribution >= 0.6 is 0 Å². The largest absolute Gasteiger partial charge is 0.497 e. The number of nitrogens with one attached hydrogen (secondary N) is 1. The van der Waals surface area contributed by atoms with Crippen LogP contribution in [0.15, 0.2) is 42.7 Å². The lowest BCUT2D eigenvalue weighted by molar-refractivity contribution is -0.125. The van der Waals surface area contributed by atoms with Gasteiger partial charge >= 0.3 is 0 Å². The normalized spacial score (nSPS) is 15.1. The summed E-state index contributed by atoms with van der Waals surface area (Å²) in [7, 11) is 1.64. The molecule has 6 nitrogen and oxygen atoms in total. The van der Waals surface area contributed by atoms with Gasteiger partial charge in [-0.2, -0.15) is 0 Å². The van der Waals surface area contributed by atoms with Crippen molar-refractivity contribution in [2.75, 3.05) is 25.1 Å². The van der Waals surface area contributed by atoms with Crippen molar-refractivity contribution in [1.82, 2.24) is 15.3 Å². The third-order valence-corrected chi connectivity index (χ3v) is 4.33. The molecule has 24 heavy (non-hydrogen) atoms. The monoisotopic (exact) mass is 326 g/mol. The predicted molar refractivity (Wildman–Crippen MR) is 91.8 cm³/mol. The molecule has 6 heteroatoms. The van der Waals surface area contributed by atoms with Gasteiger partial charge in [0.25, 0.3) is 0 Å². The lowest BCUT2D eigenvalue weighted by Gasteiger charge is -2.31. The summed E-state index contributed by atoms with van der Waals surface area (Å²) in [5, 5.41) is 3.03. The quantitative estimate of drug-likeness (QED) is 0.910. The van der Waals surface area contributed by atoms with Gasteiger partial charge in [-0.05, 0) is 36.6 Å². The molecule has 0 saturated carbocycles. The Balaban J connectivity index is 1.46. The second-order valence-corrected chi connectivity index (χ2v) is 5.88. The summed E-state index contributed by atoms with van der Waals surface area (Å²) in [4.78, 5) is 23.0. The summed E-state index contributed by atoms with van der Waals surface area (Å²) in [6, 6.07) is 9.55. The number of aromatic nitrogens is 2. The highest BCUT2D eigenvalue weighted by atomic mass is 16.5. The third-order valence-electron chi connectivity index (χ3n) is 4.33. The highest BCUT2D eigenvalue weighted by Crippen LogP contribution is 2.20. The molecule has 0 spiro atoms. The summed E-state index contributed by atoms with van der Waals surface area (Å²) >= 11 is 0. The second kappa shape index (κ2) is 7.77. The second-order valence-electron chi connectivity index (χ2n) is 5.88. The van der Waals surface area contributed by atoms with Crippen molar-refractivity contribution in [2.24, 2.45) is 5.92 Å².